The van der Waals surface area contributed by atoms with Crippen LogP contribution in [0.4, 0.5) is 17.5 Å². The summed E-state index contributed by atoms with van der Waals surface area (Å²) in [6.07, 6.45) is 11.5. The quantitative estimate of drug-likeness (QED) is 0.553. The van der Waals surface area contributed by atoms with Crippen molar-refractivity contribution in [3.63, 3.8) is 0 Å². The van der Waals surface area contributed by atoms with Gasteiger partial charge < -0.3 is 20.1 Å². The van der Waals surface area contributed by atoms with Crippen LogP contribution in [0, 0.1) is 0 Å². The van der Waals surface area contributed by atoms with E-state index < -0.39 is 0 Å². The highest BCUT2D eigenvalue weighted by atomic mass is 15.3. The second-order valence-electron chi connectivity index (χ2n) is 10.5. The lowest BCUT2D eigenvalue weighted by Gasteiger charge is -2.43. The second-order valence-corrected chi connectivity index (χ2v) is 10.5. The third-order valence-corrected chi connectivity index (χ3v) is 8.48. The van der Waals surface area contributed by atoms with Gasteiger partial charge in [0.1, 0.15) is 11.5 Å². The van der Waals surface area contributed by atoms with Gasteiger partial charge in [-0.25, -0.2) is 9.97 Å². The molecule has 2 fully saturated rings. The molecule has 3 aliphatic rings. The van der Waals surface area contributed by atoms with Gasteiger partial charge in [0, 0.05) is 49.5 Å². The van der Waals surface area contributed by atoms with Crippen LogP contribution in [0.1, 0.15) is 58.1 Å². The summed E-state index contributed by atoms with van der Waals surface area (Å²) in [5.74, 6) is 1.40. The van der Waals surface area contributed by atoms with E-state index in [-0.39, 0.29) is 5.54 Å². The number of likely N-dealkylation sites (N-methyl/N-ethyl adjacent to an activating group) is 1. The molecule has 8 heteroatoms. The molecule has 1 unspecified atom stereocenters. The summed E-state index contributed by atoms with van der Waals surface area (Å²) in [6.45, 7) is 10.8. The van der Waals surface area contributed by atoms with E-state index in [4.69, 9.17) is 9.97 Å². The Kier molecular flexibility index (Phi) is 6.10. The zero-order chi connectivity index (χ0) is 23.8. The van der Waals surface area contributed by atoms with Gasteiger partial charge >= 0.3 is 0 Å². The molecule has 8 nitrogen and oxygen atoms in total. The molecule has 5 heterocycles. The lowest BCUT2D eigenvalue weighted by molar-refractivity contribution is 0.168. The minimum Gasteiger partial charge on any atom is -0.369 e. The molecule has 3 aromatic rings. The van der Waals surface area contributed by atoms with Gasteiger partial charge in [0.25, 0.3) is 0 Å². The monoisotopic (exact) mass is 474 g/mol. The first kappa shape index (κ1) is 22.7. The maximum atomic E-state index is 5.00. The zero-order valence-corrected chi connectivity index (χ0v) is 21.1. The minimum atomic E-state index is 0.151. The van der Waals surface area contributed by atoms with Crippen LogP contribution in [0.3, 0.4) is 0 Å². The summed E-state index contributed by atoms with van der Waals surface area (Å²) in [5.41, 5.74) is 3.72. The van der Waals surface area contributed by atoms with Crippen LogP contribution < -0.4 is 15.5 Å². The van der Waals surface area contributed by atoms with Gasteiger partial charge in [0.05, 0.1) is 17.4 Å². The number of aromatic nitrogens is 4. The van der Waals surface area contributed by atoms with E-state index in [1.807, 2.05) is 18.5 Å². The van der Waals surface area contributed by atoms with Gasteiger partial charge in [-0.05, 0) is 50.6 Å². The van der Waals surface area contributed by atoms with Crippen molar-refractivity contribution in [3.8, 4) is 0 Å². The maximum absolute atomic E-state index is 5.00. The lowest BCUT2D eigenvalue weighted by atomic mass is 9.80. The standard InChI is InChI=1S/C27H38N8/c1-3-33(4-2)22-10-13-34(18-22)21-8-9-24(29-17-21)31-26-30-15-20-14-23-16-28-19-27(11-6-5-7-12-27)35(23)25(20)32-26/h8-9,14-15,17,22,28H,3-7,10-13,16,18-19H2,1-2H3,(H,29,30,31,32). The maximum Gasteiger partial charge on any atom is 0.230 e. The van der Waals surface area contributed by atoms with Crippen LogP contribution in [-0.2, 0) is 12.1 Å². The second kappa shape index (κ2) is 9.39. The van der Waals surface area contributed by atoms with E-state index in [9.17, 15) is 0 Å². The smallest absolute Gasteiger partial charge is 0.230 e. The largest absolute Gasteiger partial charge is 0.369 e. The Balaban J connectivity index is 1.21. The van der Waals surface area contributed by atoms with E-state index in [0.29, 0.717) is 12.0 Å². The molecule has 1 atom stereocenters. The number of nitrogens with one attached hydrogen (secondary N) is 2. The Bertz CT molecular complexity index is 1160. The molecular formula is C27H38N8. The first-order chi connectivity index (χ1) is 17.2. The lowest BCUT2D eigenvalue weighted by Crippen LogP contribution is -2.49. The van der Waals surface area contributed by atoms with Crippen LogP contribution in [0.2, 0.25) is 0 Å². The Morgan fingerprint density at radius 2 is 1.97 bits per heavy atom. The van der Waals surface area contributed by atoms with Crippen molar-refractivity contribution in [2.24, 2.45) is 0 Å². The first-order valence-corrected chi connectivity index (χ1v) is 13.5. The molecule has 186 valence electrons. The normalized spacial score (nSPS) is 21.7. The van der Waals surface area contributed by atoms with E-state index in [1.165, 1.54) is 49.9 Å². The van der Waals surface area contributed by atoms with Gasteiger partial charge in [-0.3, -0.25) is 4.90 Å². The van der Waals surface area contributed by atoms with E-state index in [1.54, 1.807) is 0 Å². The Hall–Kier alpha value is -2.71. The molecule has 35 heavy (non-hydrogen) atoms. The molecule has 0 bridgehead atoms. The molecule has 1 saturated heterocycles. The Morgan fingerprint density at radius 3 is 2.74 bits per heavy atom. The number of pyridine rings is 1. The number of hydrogen-bond donors (Lipinski definition) is 2. The molecular weight excluding hydrogens is 436 g/mol. The number of anilines is 3. The molecule has 2 aliphatic heterocycles. The highest BCUT2D eigenvalue weighted by molar-refractivity contribution is 5.78. The van der Waals surface area contributed by atoms with Crippen molar-refractivity contribution in [1.82, 2.24) is 29.7 Å². The van der Waals surface area contributed by atoms with Gasteiger partial charge in [-0.2, -0.15) is 4.98 Å². The van der Waals surface area contributed by atoms with Crippen LogP contribution in [0.5, 0.6) is 0 Å². The number of rotatable bonds is 6. The van der Waals surface area contributed by atoms with Crippen LogP contribution in [-0.4, -0.2) is 63.2 Å². The van der Waals surface area contributed by atoms with Crippen molar-refractivity contribution in [3.05, 3.63) is 36.3 Å². The zero-order valence-electron chi connectivity index (χ0n) is 21.1. The Labute approximate surface area is 208 Å². The summed E-state index contributed by atoms with van der Waals surface area (Å²) in [5, 5.41) is 8.14. The molecule has 0 amide bonds. The van der Waals surface area contributed by atoms with E-state index >= 15 is 0 Å². The fraction of sp³-hybridized carbons (Fsp3) is 0.593. The summed E-state index contributed by atoms with van der Waals surface area (Å²) in [6, 6.07) is 7.11. The molecule has 1 spiro atoms. The van der Waals surface area contributed by atoms with Crippen molar-refractivity contribution in [2.45, 2.75) is 70.5 Å². The van der Waals surface area contributed by atoms with Crippen molar-refractivity contribution >= 4 is 28.5 Å². The van der Waals surface area contributed by atoms with E-state index in [2.05, 4.69) is 56.0 Å². The van der Waals surface area contributed by atoms with Crippen molar-refractivity contribution in [1.29, 1.82) is 0 Å². The first-order valence-electron chi connectivity index (χ1n) is 13.5. The molecule has 3 aromatic heterocycles. The van der Waals surface area contributed by atoms with Crippen LogP contribution in [0.25, 0.3) is 11.0 Å². The van der Waals surface area contributed by atoms with Gasteiger partial charge in [-0.15, -0.1) is 0 Å². The van der Waals surface area contributed by atoms with Gasteiger partial charge in [0.15, 0.2) is 0 Å². The highest BCUT2D eigenvalue weighted by Crippen LogP contribution is 2.40. The van der Waals surface area contributed by atoms with Crippen LogP contribution in [0.15, 0.2) is 30.6 Å². The Morgan fingerprint density at radius 1 is 1.11 bits per heavy atom. The number of fused-ring (bicyclic) bond motifs is 4. The molecule has 1 saturated carbocycles. The summed E-state index contributed by atoms with van der Waals surface area (Å²) >= 11 is 0. The predicted molar refractivity (Wildman–Crippen MR) is 141 cm³/mol. The average molecular weight is 475 g/mol. The fourth-order valence-corrected chi connectivity index (χ4v) is 6.65. The molecule has 1 aliphatic carbocycles. The molecule has 6 rings (SSSR count). The molecule has 0 aromatic carbocycles. The average Bonchev–Trinajstić information content (AvgIpc) is 3.52. The van der Waals surface area contributed by atoms with Crippen molar-refractivity contribution < 1.29 is 0 Å². The van der Waals surface area contributed by atoms with Gasteiger partial charge in [-0.1, -0.05) is 33.1 Å². The topological polar surface area (TPSA) is 74.1 Å². The van der Waals surface area contributed by atoms with E-state index in [0.717, 1.165) is 56.1 Å². The number of hydrogen-bond acceptors (Lipinski definition) is 7. The third kappa shape index (κ3) is 4.16. The molecule has 0 radical (unpaired) electrons. The summed E-state index contributed by atoms with van der Waals surface area (Å²) in [4.78, 5) is 19.3. The van der Waals surface area contributed by atoms with Crippen molar-refractivity contribution in [2.75, 3.05) is 42.9 Å². The van der Waals surface area contributed by atoms with Crippen LogP contribution >= 0.6 is 0 Å². The minimum absolute atomic E-state index is 0.151. The predicted octanol–water partition coefficient (Wildman–Crippen LogP) is 4.25. The SMILES string of the molecule is CCN(CC)C1CCN(c2ccc(Nc3ncc4cc5n(c4n3)C3(CCCCC3)CNC5)nc2)C1. The number of nitrogens with zero attached hydrogens (tertiary/aromatic N) is 6. The van der Waals surface area contributed by atoms with Gasteiger partial charge in [0.2, 0.25) is 5.95 Å². The summed E-state index contributed by atoms with van der Waals surface area (Å²) in [7, 11) is 0. The summed E-state index contributed by atoms with van der Waals surface area (Å²) < 4.78 is 2.53. The third-order valence-electron chi connectivity index (χ3n) is 8.48. The fourth-order valence-electron chi connectivity index (χ4n) is 6.65. The highest BCUT2D eigenvalue weighted by Gasteiger charge is 2.38. The molecule has 2 N–H and O–H groups in total.